The fourth-order valence-corrected chi connectivity index (χ4v) is 4.21. The van der Waals surface area contributed by atoms with Gasteiger partial charge in [0.05, 0.1) is 13.2 Å². The van der Waals surface area contributed by atoms with Crippen molar-refractivity contribution in [3.63, 3.8) is 0 Å². The Balaban J connectivity index is 1.49. The Morgan fingerprint density at radius 1 is 0.889 bits per heavy atom. The van der Waals surface area contributed by atoms with Crippen LogP contribution in [0.1, 0.15) is 30.4 Å². The number of Topliss-reactive ketones (excluding diaryl/α,β-unsaturated/α-hetero) is 1. The second-order valence-electron chi connectivity index (χ2n) is 7.62. The maximum absolute atomic E-state index is 12.6. The van der Waals surface area contributed by atoms with Gasteiger partial charge in [-0.3, -0.25) is 9.69 Å². The van der Waals surface area contributed by atoms with Crippen molar-refractivity contribution in [2.24, 2.45) is 5.92 Å². The number of ether oxygens (including phenoxy) is 2. The molecule has 2 aromatic rings. The van der Waals surface area contributed by atoms with Crippen LogP contribution in [-0.4, -0.2) is 36.2 Å². The lowest BCUT2D eigenvalue weighted by Crippen LogP contribution is -2.44. The maximum Gasteiger partial charge on any atom is 0.169 e. The van der Waals surface area contributed by atoms with Gasteiger partial charge in [-0.15, -0.1) is 0 Å². The SMILES string of the molecule is O=C1CCC2(C[C@@H]1CN(Cc1ccccc1)Cc1ccccc1)OCCO2. The van der Waals surface area contributed by atoms with E-state index in [1.54, 1.807) is 0 Å². The molecule has 0 amide bonds. The van der Waals surface area contributed by atoms with Gasteiger partial charge in [-0.05, 0) is 11.1 Å². The van der Waals surface area contributed by atoms with Crippen LogP contribution in [-0.2, 0) is 27.4 Å². The third-order valence-corrected chi connectivity index (χ3v) is 5.56. The molecule has 2 aromatic carbocycles. The molecule has 1 saturated heterocycles. The third-order valence-electron chi connectivity index (χ3n) is 5.56. The van der Waals surface area contributed by atoms with Crippen LogP contribution in [0.25, 0.3) is 0 Å². The van der Waals surface area contributed by atoms with E-state index in [1.807, 2.05) is 12.1 Å². The first-order valence-corrected chi connectivity index (χ1v) is 9.83. The Kier molecular flexibility index (Phi) is 5.67. The van der Waals surface area contributed by atoms with E-state index in [2.05, 4.69) is 53.4 Å². The number of nitrogens with zero attached hydrogens (tertiary/aromatic N) is 1. The van der Waals surface area contributed by atoms with Crippen molar-refractivity contribution in [1.82, 2.24) is 4.90 Å². The minimum atomic E-state index is -0.524. The van der Waals surface area contributed by atoms with Crippen molar-refractivity contribution in [3.8, 4) is 0 Å². The molecule has 0 aromatic heterocycles. The maximum atomic E-state index is 12.6. The normalized spacial score (nSPS) is 21.8. The summed E-state index contributed by atoms with van der Waals surface area (Å²) in [6, 6.07) is 20.9. The Hall–Kier alpha value is -2.01. The monoisotopic (exact) mass is 365 g/mol. The standard InChI is InChI=1S/C23H27NO3/c25-22-11-12-23(26-13-14-27-23)15-21(22)18-24(16-19-7-3-1-4-8-19)17-20-9-5-2-6-10-20/h1-10,21H,11-18H2/t21-/m1/s1. The van der Waals surface area contributed by atoms with Crippen molar-refractivity contribution in [2.45, 2.75) is 38.1 Å². The summed E-state index contributed by atoms with van der Waals surface area (Å²) in [5.74, 6) is -0.223. The van der Waals surface area contributed by atoms with E-state index < -0.39 is 5.79 Å². The minimum absolute atomic E-state index is 0.0377. The van der Waals surface area contributed by atoms with E-state index in [0.717, 1.165) is 19.6 Å². The molecule has 0 unspecified atom stereocenters. The van der Waals surface area contributed by atoms with E-state index >= 15 is 0 Å². The molecule has 1 aliphatic heterocycles. The molecule has 1 spiro atoms. The number of carbonyl (C=O) groups excluding carboxylic acids is 1. The molecule has 27 heavy (non-hydrogen) atoms. The molecule has 1 atom stereocenters. The number of hydrogen-bond donors (Lipinski definition) is 0. The average molecular weight is 365 g/mol. The first kappa shape index (κ1) is 18.4. The first-order chi connectivity index (χ1) is 13.2. The lowest BCUT2D eigenvalue weighted by Gasteiger charge is -2.37. The Morgan fingerprint density at radius 3 is 2.00 bits per heavy atom. The molecule has 0 bridgehead atoms. The Morgan fingerprint density at radius 2 is 1.44 bits per heavy atom. The summed E-state index contributed by atoms with van der Waals surface area (Å²) < 4.78 is 11.8. The van der Waals surface area contributed by atoms with Crippen LogP contribution in [0.4, 0.5) is 0 Å². The second kappa shape index (κ2) is 8.34. The number of carbonyl (C=O) groups is 1. The van der Waals surface area contributed by atoms with Crippen molar-refractivity contribution in [2.75, 3.05) is 19.8 Å². The molecule has 0 radical (unpaired) electrons. The zero-order valence-corrected chi connectivity index (χ0v) is 15.7. The topological polar surface area (TPSA) is 38.8 Å². The van der Waals surface area contributed by atoms with Crippen molar-refractivity contribution < 1.29 is 14.3 Å². The molecule has 1 aliphatic carbocycles. The van der Waals surface area contributed by atoms with Gasteiger partial charge in [0, 0.05) is 44.8 Å². The molecule has 1 saturated carbocycles. The van der Waals surface area contributed by atoms with E-state index in [-0.39, 0.29) is 5.92 Å². The summed E-state index contributed by atoms with van der Waals surface area (Å²) in [5, 5.41) is 0. The molecular formula is C23H27NO3. The van der Waals surface area contributed by atoms with Gasteiger partial charge in [-0.25, -0.2) is 0 Å². The van der Waals surface area contributed by atoms with Crippen LogP contribution in [0.2, 0.25) is 0 Å². The van der Waals surface area contributed by atoms with E-state index in [0.29, 0.717) is 38.3 Å². The van der Waals surface area contributed by atoms with Gasteiger partial charge < -0.3 is 9.47 Å². The summed E-state index contributed by atoms with van der Waals surface area (Å²) in [6.45, 7) is 3.66. The average Bonchev–Trinajstić information content (AvgIpc) is 3.14. The van der Waals surface area contributed by atoms with E-state index in [1.165, 1.54) is 11.1 Å². The van der Waals surface area contributed by atoms with Gasteiger partial charge in [0.25, 0.3) is 0 Å². The fourth-order valence-electron chi connectivity index (χ4n) is 4.21. The molecule has 2 aliphatic rings. The van der Waals surface area contributed by atoms with Crippen LogP contribution >= 0.6 is 0 Å². The lowest BCUT2D eigenvalue weighted by atomic mass is 9.83. The largest absolute Gasteiger partial charge is 0.347 e. The number of benzene rings is 2. The molecule has 4 rings (SSSR count). The molecular weight excluding hydrogens is 338 g/mol. The predicted octanol–water partition coefficient (Wildman–Crippen LogP) is 3.80. The Bertz CT molecular complexity index is 699. The van der Waals surface area contributed by atoms with Gasteiger partial charge >= 0.3 is 0 Å². The van der Waals surface area contributed by atoms with Crippen molar-refractivity contribution in [1.29, 1.82) is 0 Å². The van der Waals surface area contributed by atoms with E-state index in [9.17, 15) is 4.79 Å². The number of ketones is 1. The molecule has 4 heteroatoms. The minimum Gasteiger partial charge on any atom is -0.347 e. The van der Waals surface area contributed by atoms with Gasteiger partial charge in [0.2, 0.25) is 0 Å². The summed E-state index contributed by atoms with van der Waals surface area (Å²) in [7, 11) is 0. The second-order valence-corrected chi connectivity index (χ2v) is 7.62. The molecule has 0 N–H and O–H groups in total. The molecule has 142 valence electrons. The smallest absolute Gasteiger partial charge is 0.169 e. The van der Waals surface area contributed by atoms with Gasteiger partial charge in [0.1, 0.15) is 5.78 Å². The summed E-state index contributed by atoms with van der Waals surface area (Å²) in [4.78, 5) is 15.0. The highest BCUT2D eigenvalue weighted by molar-refractivity contribution is 5.82. The molecule has 2 fully saturated rings. The zero-order valence-electron chi connectivity index (χ0n) is 15.7. The summed E-state index contributed by atoms with van der Waals surface area (Å²) in [5.41, 5.74) is 2.53. The lowest BCUT2D eigenvalue weighted by molar-refractivity contribution is -0.190. The number of hydrogen-bond acceptors (Lipinski definition) is 4. The van der Waals surface area contributed by atoms with Gasteiger partial charge in [-0.2, -0.15) is 0 Å². The highest BCUT2D eigenvalue weighted by Gasteiger charge is 2.44. The highest BCUT2D eigenvalue weighted by atomic mass is 16.7. The van der Waals surface area contributed by atoms with Crippen LogP contribution in [0, 0.1) is 5.92 Å². The van der Waals surface area contributed by atoms with Crippen LogP contribution in [0.3, 0.4) is 0 Å². The first-order valence-electron chi connectivity index (χ1n) is 9.83. The molecule has 1 heterocycles. The van der Waals surface area contributed by atoms with Gasteiger partial charge in [0.15, 0.2) is 5.79 Å². The zero-order chi connectivity index (χ0) is 18.5. The van der Waals surface area contributed by atoms with Crippen LogP contribution in [0.5, 0.6) is 0 Å². The van der Waals surface area contributed by atoms with Gasteiger partial charge in [-0.1, -0.05) is 60.7 Å². The highest BCUT2D eigenvalue weighted by Crippen LogP contribution is 2.37. The molecule has 4 nitrogen and oxygen atoms in total. The van der Waals surface area contributed by atoms with Crippen LogP contribution < -0.4 is 0 Å². The number of rotatable bonds is 6. The van der Waals surface area contributed by atoms with Crippen molar-refractivity contribution in [3.05, 3.63) is 71.8 Å². The van der Waals surface area contributed by atoms with E-state index in [4.69, 9.17) is 9.47 Å². The quantitative estimate of drug-likeness (QED) is 0.780. The Labute approximate surface area is 161 Å². The predicted molar refractivity (Wildman–Crippen MR) is 104 cm³/mol. The summed E-state index contributed by atoms with van der Waals surface area (Å²) >= 11 is 0. The van der Waals surface area contributed by atoms with Crippen LogP contribution in [0.15, 0.2) is 60.7 Å². The van der Waals surface area contributed by atoms with Crippen molar-refractivity contribution >= 4 is 5.78 Å². The fraction of sp³-hybridized carbons (Fsp3) is 0.435. The summed E-state index contributed by atoms with van der Waals surface area (Å²) in [6.07, 6.45) is 1.92. The third kappa shape index (κ3) is 4.64.